The van der Waals surface area contributed by atoms with Gasteiger partial charge in [-0.05, 0) is 18.2 Å². The van der Waals surface area contributed by atoms with Crippen LogP contribution in [0.3, 0.4) is 0 Å². The predicted octanol–water partition coefficient (Wildman–Crippen LogP) is 2.24. The standard InChI is InChI=1S/C11H10FN3O2S2/c1-17-9-3-2-6(12)4-7(9)8(16)5-18-11-15-14-10(13)19-11/h2-4H,5H2,1H3,(H2,13,14). The average molecular weight is 299 g/mol. The van der Waals surface area contributed by atoms with E-state index in [2.05, 4.69) is 10.2 Å². The van der Waals surface area contributed by atoms with E-state index in [0.717, 1.165) is 6.07 Å². The fourth-order valence-electron chi connectivity index (χ4n) is 1.38. The number of carbonyl (C=O) groups excluding carboxylic acids is 1. The molecule has 1 aromatic heterocycles. The first-order valence-corrected chi connectivity index (χ1v) is 6.99. The second kappa shape index (κ2) is 5.98. The number of ketones is 1. The van der Waals surface area contributed by atoms with Crippen LogP contribution in [0.2, 0.25) is 0 Å². The molecule has 0 spiro atoms. The zero-order valence-corrected chi connectivity index (χ0v) is 11.6. The van der Waals surface area contributed by atoms with E-state index < -0.39 is 5.82 Å². The van der Waals surface area contributed by atoms with Gasteiger partial charge < -0.3 is 10.5 Å². The Bertz CT molecular complexity index is 603. The van der Waals surface area contributed by atoms with E-state index in [-0.39, 0.29) is 17.1 Å². The summed E-state index contributed by atoms with van der Waals surface area (Å²) in [6.07, 6.45) is 0. The molecule has 0 aliphatic heterocycles. The Balaban J connectivity index is 2.09. The Kier molecular flexibility index (Phi) is 4.33. The molecule has 0 aliphatic carbocycles. The van der Waals surface area contributed by atoms with Crippen LogP contribution in [0.25, 0.3) is 0 Å². The fraction of sp³-hybridized carbons (Fsp3) is 0.182. The number of ether oxygens (including phenoxy) is 1. The van der Waals surface area contributed by atoms with Crippen molar-refractivity contribution < 1.29 is 13.9 Å². The molecule has 1 aromatic carbocycles. The monoisotopic (exact) mass is 299 g/mol. The lowest BCUT2D eigenvalue weighted by Gasteiger charge is -2.06. The molecular weight excluding hydrogens is 289 g/mol. The van der Waals surface area contributed by atoms with Gasteiger partial charge in [-0.15, -0.1) is 10.2 Å². The van der Waals surface area contributed by atoms with Crippen LogP contribution in [0.5, 0.6) is 5.75 Å². The number of nitrogens with two attached hydrogens (primary N) is 1. The minimum atomic E-state index is -0.477. The van der Waals surface area contributed by atoms with Gasteiger partial charge in [-0.25, -0.2) is 4.39 Å². The zero-order chi connectivity index (χ0) is 13.8. The van der Waals surface area contributed by atoms with Crippen LogP contribution in [-0.4, -0.2) is 28.8 Å². The highest BCUT2D eigenvalue weighted by Crippen LogP contribution is 2.26. The van der Waals surface area contributed by atoms with Crippen molar-refractivity contribution in [2.75, 3.05) is 18.6 Å². The van der Waals surface area contributed by atoms with E-state index in [1.54, 1.807) is 0 Å². The Morgan fingerprint density at radius 2 is 2.32 bits per heavy atom. The van der Waals surface area contributed by atoms with Crippen molar-refractivity contribution in [3.63, 3.8) is 0 Å². The van der Waals surface area contributed by atoms with Gasteiger partial charge in [0, 0.05) is 0 Å². The molecule has 0 atom stereocenters. The fourth-order valence-corrected chi connectivity index (χ4v) is 2.90. The van der Waals surface area contributed by atoms with Crippen molar-refractivity contribution in [2.24, 2.45) is 0 Å². The molecule has 0 bridgehead atoms. The Labute approximate surface area is 117 Å². The summed E-state index contributed by atoms with van der Waals surface area (Å²) in [5.74, 6) is -0.248. The zero-order valence-electron chi connectivity index (χ0n) is 9.92. The Morgan fingerprint density at radius 1 is 1.53 bits per heavy atom. The lowest BCUT2D eigenvalue weighted by atomic mass is 10.1. The van der Waals surface area contributed by atoms with Crippen molar-refractivity contribution >= 4 is 34.0 Å². The topological polar surface area (TPSA) is 78.1 Å². The van der Waals surface area contributed by atoms with E-state index in [0.29, 0.717) is 15.2 Å². The lowest BCUT2D eigenvalue weighted by Crippen LogP contribution is -2.05. The molecule has 0 saturated heterocycles. The molecular formula is C11H10FN3O2S2. The highest BCUT2D eigenvalue weighted by molar-refractivity contribution is 8.01. The molecule has 8 heteroatoms. The summed E-state index contributed by atoms with van der Waals surface area (Å²) >= 11 is 2.41. The number of hydrogen-bond donors (Lipinski definition) is 1. The quantitative estimate of drug-likeness (QED) is 0.674. The van der Waals surface area contributed by atoms with Crippen molar-refractivity contribution in [2.45, 2.75) is 4.34 Å². The minimum Gasteiger partial charge on any atom is -0.496 e. The molecule has 0 aliphatic rings. The number of benzene rings is 1. The number of nitrogen functional groups attached to an aromatic ring is 1. The van der Waals surface area contributed by atoms with Gasteiger partial charge in [-0.3, -0.25) is 4.79 Å². The van der Waals surface area contributed by atoms with Crippen molar-refractivity contribution in [1.29, 1.82) is 0 Å². The molecule has 1 heterocycles. The summed E-state index contributed by atoms with van der Waals surface area (Å²) in [4.78, 5) is 12.0. The molecule has 0 radical (unpaired) electrons. The highest BCUT2D eigenvalue weighted by Gasteiger charge is 2.15. The number of Topliss-reactive ketones (excluding diaryl/α,β-unsaturated/α-hetero) is 1. The van der Waals surface area contributed by atoms with Gasteiger partial charge in [-0.1, -0.05) is 23.1 Å². The van der Waals surface area contributed by atoms with Gasteiger partial charge >= 0.3 is 0 Å². The van der Waals surface area contributed by atoms with Gasteiger partial charge in [-0.2, -0.15) is 0 Å². The molecule has 2 rings (SSSR count). The molecule has 5 nitrogen and oxygen atoms in total. The third-order valence-electron chi connectivity index (χ3n) is 2.21. The number of anilines is 1. The molecule has 0 fully saturated rings. The van der Waals surface area contributed by atoms with Crippen LogP contribution in [0.1, 0.15) is 10.4 Å². The predicted molar refractivity (Wildman–Crippen MR) is 72.3 cm³/mol. The SMILES string of the molecule is COc1ccc(F)cc1C(=O)CSc1nnc(N)s1. The van der Waals surface area contributed by atoms with E-state index in [1.807, 2.05) is 0 Å². The second-order valence-electron chi connectivity index (χ2n) is 3.46. The molecule has 2 aromatic rings. The first-order valence-electron chi connectivity index (χ1n) is 5.18. The van der Waals surface area contributed by atoms with Gasteiger partial charge in [0.1, 0.15) is 11.6 Å². The molecule has 100 valence electrons. The number of halogens is 1. The van der Waals surface area contributed by atoms with Crippen molar-refractivity contribution in [1.82, 2.24) is 10.2 Å². The summed E-state index contributed by atoms with van der Waals surface area (Å²) in [6, 6.07) is 3.83. The third-order valence-corrected chi connectivity index (χ3v) is 4.10. The van der Waals surface area contributed by atoms with Gasteiger partial charge in [0.2, 0.25) is 5.13 Å². The van der Waals surface area contributed by atoms with Crippen molar-refractivity contribution in [3.05, 3.63) is 29.6 Å². The molecule has 0 saturated carbocycles. The van der Waals surface area contributed by atoms with E-state index in [4.69, 9.17) is 10.5 Å². The van der Waals surface area contributed by atoms with Crippen LogP contribution in [0, 0.1) is 5.82 Å². The summed E-state index contributed by atoms with van der Waals surface area (Å²) in [7, 11) is 1.43. The lowest BCUT2D eigenvalue weighted by molar-refractivity contribution is 0.101. The van der Waals surface area contributed by atoms with Gasteiger partial charge in [0.15, 0.2) is 10.1 Å². The van der Waals surface area contributed by atoms with Crippen LogP contribution in [0.4, 0.5) is 9.52 Å². The van der Waals surface area contributed by atoms with Crippen molar-refractivity contribution in [3.8, 4) is 5.75 Å². The highest BCUT2D eigenvalue weighted by atomic mass is 32.2. The summed E-state index contributed by atoms with van der Waals surface area (Å²) in [6.45, 7) is 0. The summed E-state index contributed by atoms with van der Waals surface area (Å²) in [5, 5.41) is 7.78. The van der Waals surface area contributed by atoms with Crippen LogP contribution in [-0.2, 0) is 0 Å². The number of rotatable bonds is 5. The summed E-state index contributed by atoms with van der Waals surface area (Å²) < 4.78 is 18.8. The van der Waals surface area contributed by atoms with E-state index in [9.17, 15) is 9.18 Å². The number of aromatic nitrogens is 2. The van der Waals surface area contributed by atoms with Gasteiger partial charge in [0.25, 0.3) is 0 Å². The number of thioether (sulfide) groups is 1. The molecule has 2 N–H and O–H groups in total. The molecule has 0 amide bonds. The Hall–Kier alpha value is -1.67. The smallest absolute Gasteiger partial charge is 0.203 e. The first-order chi connectivity index (χ1) is 9.10. The average Bonchev–Trinajstić information content (AvgIpc) is 2.81. The number of carbonyl (C=O) groups is 1. The Morgan fingerprint density at radius 3 is 2.95 bits per heavy atom. The number of nitrogens with zero attached hydrogens (tertiary/aromatic N) is 2. The van der Waals surface area contributed by atoms with Crippen LogP contribution < -0.4 is 10.5 Å². The minimum absolute atomic E-state index is 0.119. The summed E-state index contributed by atoms with van der Waals surface area (Å²) in [5.41, 5.74) is 5.65. The maximum atomic E-state index is 13.2. The van der Waals surface area contributed by atoms with E-state index in [1.165, 1.54) is 42.3 Å². The van der Waals surface area contributed by atoms with E-state index >= 15 is 0 Å². The second-order valence-corrected chi connectivity index (χ2v) is 5.69. The number of hydrogen-bond acceptors (Lipinski definition) is 7. The first kappa shape index (κ1) is 13.8. The number of methoxy groups -OCH3 is 1. The van der Waals surface area contributed by atoms with Crippen LogP contribution in [0.15, 0.2) is 22.5 Å². The van der Waals surface area contributed by atoms with Crippen LogP contribution >= 0.6 is 23.1 Å². The normalized spacial score (nSPS) is 10.4. The maximum absolute atomic E-state index is 13.2. The van der Waals surface area contributed by atoms with Gasteiger partial charge in [0.05, 0.1) is 18.4 Å². The largest absolute Gasteiger partial charge is 0.496 e. The maximum Gasteiger partial charge on any atom is 0.203 e. The molecule has 19 heavy (non-hydrogen) atoms. The third kappa shape index (κ3) is 3.42. The molecule has 0 unspecified atom stereocenters.